The molecule has 0 saturated heterocycles. The van der Waals surface area contributed by atoms with E-state index in [-0.39, 0.29) is 24.5 Å². The zero-order chi connectivity index (χ0) is 22.2. The van der Waals surface area contributed by atoms with Gasteiger partial charge in [0.05, 0.1) is 17.2 Å². The van der Waals surface area contributed by atoms with Crippen LogP contribution in [0.2, 0.25) is 0 Å². The number of rotatable bonds is 5. The third-order valence-electron chi connectivity index (χ3n) is 5.98. The highest BCUT2D eigenvalue weighted by molar-refractivity contribution is 7.17. The fraction of sp³-hybridized carbons (Fsp3) is 0.154. The molecule has 5 rings (SSSR count). The Hall–Kier alpha value is -3.48. The van der Waals surface area contributed by atoms with Gasteiger partial charge in [0.15, 0.2) is 0 Å². The highest BCUT2D eigenvalue weighted by Gasteiger charge is 2.35. The molecule has 32 heavy (non-hydrogen) atoms. The highest BCUT2D eigenvalue weighted by atomic mass is 32.1. The fourth-order valence-electron chi connectivity index (χ4n) is 4.43. The van der Waals surface area contributed by atoms with E-state index in [0.29, 0.717) is 23.2 Å². The average molecular weight is 443 g/mol. The second-order valence-electron chi connectivity index (χ2n) is 7.90. The van der Waals surface area contributed by atoms with Crippen LogP contribution in [0.4, 0.5) is 5.69 Å². The van der Waals surface area contributed by atoms with Crippen LogP contribution in [-0.4, -0.2) is 23.5 Å². The number of carbonyl (C=O) groups excluding carboxylic acids is 2. The van der Waals surface area contributed by atoms with E-state index < -0.39 is 0 Å². The van der Waals surface area contributed by atoms with Crippen molar-refractivity contribution in [2.24, 2.45) is 0 Å². The van der Waals surface area contributed by atoms with Crippen molar-refractivity contribution >= 4 is 38.9 Å². The highest BCUT2D eigenvalue weighted by Crippen LogP contribution is 2.40. The van der Waals surface area contributed by atoms with Crippen molar-refractivity contribution in [3.05, 3.63) is 99.4 Å². The molecule has 3 N–H and O–H groups in total. The Kier molecular flexibility index (Phi) is 5.25. The summed E-state index contributed by atoms with van der Waals surface area (Å²) in [7, 11) is 0. The molecule has 0 spiro atoms. The SMILES string of the molecule is Cc1ccccc1C1NC(=O)c2c(CCO)ccc(NC(=O)c3csc4ccccc34)c21. The molecule has 2 heterocycles. The molecule has 0 saturated carbocycles. The van der Waals surface area contributed by atoms with Crippen molar-refractivity contribution in [2.45, 2.75) is 19.4 Å². The third kappa shape index (κ3) is 3.38. The molecule has 0 radical (unpaired) electrons. The first-order valence-electron chi connectivity index (χ1n) is 10.5. The van der Waals surface area contributed by atoms with Gasteiger partial charge in [-0.3, -0.25) is 9.59 Å². The first-order chi connectivity index (χ1) is 15.6. The summed E-state index contributed by atoms with van der Waals surface area (Å²) in [6, 6.07) is 19.0. The van der Waals surface area contributed by atoms with Gasteiger partial charge in [0.1, 0.15) is 0 Å². The van der Waals surface area contributed by atoms with Crippen molar-refractivity contribution in [1.29, 1.82) is 0 Å². The van der Waals surface area contributed by atoms with Gasteiger partial charge in [0.25, 0.3) is 11.8 Å². The minimum Gasteiger partial charge on any atom is -0.396 e. The summed E-state index contributed by atoms with van der Waals surface area (Å²) >= 11 is 1.53. The van der Waals surface area contributed by atoms with Crippen LogP contribution in [-0.2, 0) is 6.42 Å². The molecule has 1 aliphatic rings. The van der Waals surface area contributed by atoms with E-state index in [1.54, 1.807) is 0 Å². The molecule has 0 fully saturated rings. The molecule has 3 aromatic carbocycles. The van der Waals surface area contributed by atoms with Gasteiger partial charge in [-0.2, -0.15) is 0 Å². The van der Waals surface area contributed by atoms with Crippen LogP contribution in [0.25, 0.3) is 10.1 Å². The standard InChI is InChI=1S/C26H22N2O3S/c1-15-6-2-3-7-17(15)24-23-20(11-10-16(12-13-29)22(23)26(31)28-24)27-25(30)19-14-32-21-9-5-4-8-18(19)21/h2-11,14,24,29H,12-13H2,1H3,(H,27,30)(H,28,31). The Morgan fingerprint density at radius 1 is 1.09 bits per heavy atom. The van der Waals surface area contributed by atoms with E-state index in [4.69, 9.17) is 0 Å². The van der Waals surface area contributed by atoms with Gasteiger partial charge in [-0.25, -0.2) is 0 Å². The van der Waals surface area contributed by atoms with Gasteiger partial charge < -0.3 is 15.7 Å². The zero-order valence-electron chi connectivity index (χ0n) is 17.5. The maximum Gasteiger partial charge on any atom is 0.257 e. The largest absolute Gasteiger partial charge is 0.396 e. The molecule has 6 heteroatoms. The Morgan fingerprint density at radius 2 is 1.88 bits per heavy atom. The second kappa shape index (κ2) is 8.22. The van der Waals surface area contributed by atoms with E-state index in [9.17, 15) is 14.7 Å². The van der Waals surface area contributed by atoms with Crippen molar-refractivity contribution in [2.75, 3.05) is 11.9 Å². The first-order valence-corrected chi connectivity index (χ1v) is 11.4. The second-order valence-corrected chi connectivity index (χ2v) is 8.81. The monoisotopic (exact) mass is 442 g/mol. The predicted octanol–water partition coefficient (Wildman–Crippen LogP) is 4.83. The first kappa shape index (κ1) is 20.4. The van der Waals surface area contributed by atoms with Crippen LogP contribution >= 0.6 is 11.3 Å². The number of anilines is 1. The number of carbonyl (C=O) groups is 2. The van der Waals surface area contributed by atoms with Crippen LogP contribution in [0.5, 0.6) is 0 Å². The summed E-state index contributed by atoms with van der Waals surface area (Å²) in [5.41, 5.74) is 5.33. The molecular formula is C26H22N2O3S. The molecule has 5 nitrogen and oxygen atoms in total. The summed E-state index contributed by atoms with van der Waals surface area (Å²) < 4.78 is 1.05. The van der Waals surface area contributed by atoms with E-state index in [2.05, 4.69) is 10.6 Å². The lowest BCUT2D eigenvalue weighted by Crippen LogP contribution is -2.21. The summed E-state index contributed by atoms with van der Waals surface area (Å²) in [5, 5.41) is 18.4. The maximum atomic E-state index is 13.2. The average Bonchev–Trinajstić information content (AvgIpc) is 3.38. The molecule has 0 aliphatic carbocycles. The van der Waals surface area contributed by atoms with Gasteiger partial charge in [0, 0.05) is 33.3 Å². The number of nitrogens with one attached hydrogen (secondary N) is 2. The van der Waals surface area contributed by atoms with E-state index >= 15 is 0 Å². The number of aliphatic hydroxyl groups is 1. The molecule has 4 aromatic rings. The lowest BCUT2D eigenvalue weighted by molar-refractivity contribution is 0.0958. The normalized spacial score (nSPS) is 14.9. The van der Waals surface area contributed by atoms with Crippen LogP contribution < -0.4 is 10.6 Å². The summed E-state index contributed by atoms with van der Waals surface area (Å²) in [6.45, 7) is 1.95. The van der Waals surface area contributed by atoms with Gasteiger partial charge in [-0.15, -0.1) is 11.3 Å². The topological polar surface area (TPSA) is 78.4 Å². The molecule has 2 amide bonds. The minimum atomic E-state index is -0.369. The summed E-state index contributed by atoms with van der Waals surface area (Å²) in [5.74, 6) is -0.392. The number of fused-ring (bicyclic) bond motifs is 2. The number of hydrogen-bond acceptors (Lipinski definition) is 4. The molecule has 1 unspecified atom stereocenters. The van der Waals surface area contributed by atoms with Crippen LogP contribution in [0.3, 0.4) is 0 Å². The van der Waals surface area contributed by atoms with Crippen molar-refractivity contribution in [3.8, 4) is 0 Å². The molecule has 1 atom stereocenters. The van der Waals surface area contributed by atoms with Gasteiger partial charge >= 0.3 is 0 Å². The molecule has 1 aliphatic heterocycles. The van der Waals surface area contributed by atoms with Crippen molar-refractivity contribution in [3.63, 3.8) is 0 Å². The smallest absolute Gasteiger partial charge is 0.257 e. The minimum absolute atomic E-state index is 0.0542. The summed E-state index contributed by atoms with van der Waals surface area (Å²) in [4.78, 5) is 26.2. The fourth-order valence-corrected chi connectivity index (χ4v) is 5.37. The quantitative estimate of drug-likeness (QED) is 0.414. The number of thiophene rings is 1. The Labute approximate surface area is 189 Å². The predicted molar refractivity (Wildman–Crippen MR) is 127 cm³/mol. The van der Waals surface area contributed by atoms with Crippen LogP contribution in [0.1, 0.15) is 49.0 Å². The lowest BCUT2D eigenvalue weighted by Gasteiger charge is -2.19. The Bertz CT molecular complexity index is 1360. The van der Waals surface area contributed by atoms with E-state index in [0.717, 1.165) is 32.3 Å². The Morgan fingerprint density at radius 3 is 2.69 bits per heavy atom. The van der Waals surface area contributed by atoms with Gasteiger partial charge in [-0.05, 0) is 42.2 Å². The number of aryl methyl sites for hydroxylation is 1. The van der Waals surface area contributed by atoms with E-state index in [1.165, 1.54) is 11.3 Å². The van der Waals surface area contributed by atoms with Crippen LogP contribution in [0, 0.1) is 6.92 Å². The van der Waals surface area contributed by atoms with E-state index in [1.807, 2.05) is 73.0 Å². The number of hydrogen-bond donors (Lipinski definition) is 3. The molecule has 160 valence electrons. The number of aliphatic hydroxyl groups excluding tert-OH is 1. The van der Waals surface area contributed by atoms with Gasteiger partial charge in [0.2, 0.25) is 0 Å². The number of amides is 2. The zero-order valence-corrected chi connectivity index (χ0v) is 18.3. The molecule has 0 bridgehead atoms. The lowest BCUT2D eigenvalue weighted by atomic mass is 9.90. The maximum absolute atomic E-state index is 13.2. The number of benzene rings is 3. The van der Waals surface area contributed by atoms with Crippen molar-refractivity contribution in [1.82, 2.24) is 5.32 Å². The van der Waals surface area contributed by atoms with Gasteiger partial charge in [-0.1, -0.05) is 48.5 Å². The molecule has 1 aromatic heterocycles. The van der Waals surface area contributed by atoms with Crippen molar-refractivity contribution < 1.29 is 14.7 Å². The van der Waals surface area contributed by atoms with Crippen LogP contribution in [0.15, 0.2) is 66.0 Å². The third-order valence-corrected chi connectivity index (χ3v) is 6.94. The summed E-state index contributed by atoms with van der Waals surface area (Å²) in [6.07, 6.45) is 0.375. The Balaban J connectivity index is 1.61. The molecular weight excluding hydrogens is 420 g/mol.